The van der Waals surface area contributed by atoms with Gasteiger partial charge in [0, 0.05) is 31.8 Å². The first-order valence-corrected chi connectivity index (χ1v) is 7.80. The molecule has 0 radical (unpaired) electrons. The van der Waals surface area contributed by atoms with E-state index in [2.05, 4.69) is 17.2 Å². The van der Waals surface area contributed by atoms with Gasteiger partial charge in [-0.1, -0.05) is 18.5 Å². The van der Waals surface area contributed by atoms with Crippen molar-refractivity contribution in [3.63, 3.8) is 0 Å². The number of halogens is 1. The maximum atomic E-state index is 12.6. The normalized spacial score (nSPS) is 19.2. The number of amides is 1. The van der Waals surface area contributed by atoms with Crippen molar-refractivity contribution in [2.75, 3.05) is 31.6 Å². The number of pyridine rings is 1. The van der Waals surface area contributed by atoms with Crippen LogP contribution in [0.4, 0.5) is 5.82 Å². The molecule has 5 nitrogen and oxygen atoms in total. The Morgan fingerprint density at radius 1 is 1.57 bits per heavy atom. The molecule has 2 rings (SSSR count). The molecule has 0 saturated carbocycles. The van der Waals surface area contributed by atoms with Crippen molar-refractivity contribution in [2.45, 2.75) is 32.8 Å². The second-order valence-electron chi connectivity index (χ2n) is 5.28. The summed E-state index contributed by atoms with van der Waals surface area (Å²) in [4.78, 5) is 18.7. The van der Waals surface area contributed by atoms with E-state index in [1.165, 1.54) is 0 Å². The largest absolute Gasteiger partial charge is 0.377 e. The van der Waals surface area contributed by atoms with E-state index < -0.39 is 0 Å². The van der Waals surface area contributed by atoms with Gasteiger partial charge in [0.2, 0.25) is 0 Å². The number of hydrogen-bond donors (Lipinski definition) is 1. The average Bonchev–Trinajstić information content (AvgIpc) is 2.68. The van der Waals surface area contributed by atoms with Crippen LogP contribution in [-0.4, -0.2) is 48.1 Å². The van der Waals surface area contributed by atoms with Crippen LogP contribution in [-0.2, 0) is 4.74 Å². The van der Waals surface area contributed by atoms with Gasteiger partial charge in [0.25, 0.3) is 5.91 Å². The fourth-order valence-corrected chi connectivity index (χ4v) is 2.53. The van der Waals surface area contributed by atoms with Crippen LogP contribution in [0.15, 0.2) is 12.1 Å². The van der Waals surface area contributed by atoms with Gasteiger partial charge in [-0.25, -0.2) is 4.98 Å². The van der Waals surface area contributed by atoms with Crippen LogP contribution in [0.5, 0.6) is 0 Å². The van der Waals surface area contributed by atoms with E-state index >= 15 is 0 Å². The Morgan fingerprint density at radius 3 is 3.14 bits per heavy atom. The van der Waals surface area contributed by atoms with Crippen LogP contribution < -0.4 is 5.32 Å². The molecule has 1 fully saturated rings. The third-order valence-electron chi connectivity index (χ3n) is 3.34. The number of nitrogens with zero attached hydrogens (tertiary/aromatic N) is 2. The molecule has 116 valence electrons. The molecule has 1 atom stereocenters. The Labute approximate surface area is 130 Å². The van der Waals surface area contributed by atoms with E-state index in [1.807, 2.05) is 11.8 Å². The van der Waals surface area contributed by atoms with Crippen molar-refractivity contribution in [3.8, 4) is 0 Å². The molecule has 1 aliphatic rings. The fourth-order valence-electron chi connectivity index (χ4n) is 2.33. The van der Waals surface area contributed by atoms with Crippen LogP contribution in [0.25, 0.3) is 0 Å². The highest BCUT2D eigenvalue weighted by Crippen LogP contribution is 2.18. The van der Waals surface area contributed by atoms with Crippen LogP contribution in [0.3, 0.4) is 0 Å². The molecule has 0 aromatic carbocycles. The lowest BCUT2D eigenvalue weighted by molar-refractivity contribution is 0.0562. The minimum absolute atomic E-state index is 0.0174. The monoisotopic (exact) mass is 311 g/mol. The van der Waals surface area contributed by atoms with Crippen LogP contribution in [0, 0.1) is 0 Å². The average molecular weight is 312 g/mol. The van der Waals surface area contributed by atoms with E-state index in [-0.39, 0.29) is 12.0 Å². The lowest BCUT2D eigenvalue weighted by Crippen LogP contribution is -2.36. The number of rotatable bonds is 4. The highest BCUT2D eigenvalue weighted by molar-refractivity contribution is 6.29. The zero-order valence-corrected chi connectivity index (χ0v) is 13.3. The van der Waals surface area contributed by atoms with Gasteiger partial charge in [-0.2, -0.15) is 0 Å². The zero-order chi connectivity index (χ0) is 15.2. The van der Waals surface area contributed by atoms with Gasteiger partial charge in [0.1, 0.15) is 11.0 Å². The lowest BCUT2D eigenvalue weighted by Gasteiger charge is -2.22. The summed E-state index contributed by atoms with van der Waals surface area (Å²) in [5.41, 5.74) is 0.572. The molecule has 2 heterocycles. The van der Waals surface area contributed by atoms with Crippen LogP contribution in [0.1, 0.15) is 37.0 Å². The quantitative estimate of drug-likeness (QED) is 0.869. The lowest BCUT2D eigenvalue weighted by atomic mass is 10.2. The van der Waals surface area contributed by atoms with Crippen LogP contribution in [0.2, 0.25) is 5.15 Å². The minimum atomic E-state index is -0.0174. The number of ether oxygens (including phenoxy) is 1. The van der Waals surface area contributed by atoms with Crippen molar-refractivity contribution in [1.29, 1.82) is 0 Å². The third kappa shape index (κ3) is 4.58. The SMILES string of the molecule is CCCNc1cc(C(=O)N2CCCOC(C)C2)cc(Cl)n1. The summed E-state index contributed by atoms with van der Waals surface area (Å²) in [7, 11) is 0. The van der Waals surface area contributed by atoms with Crippen molar-refractivity contribution >= 4 is 23.3 Å². The van der Waals surface area contributed by atoms with Crippen molar-refractivity contribution in [2.24, 2.45) is 0 Å². The molecule has 0 spiro atoms. The summed E-state index contributed by atoms with van der Waals surface area (Å²) < 4.78 is 5.58. The molecule has 1 N–H and O–H groups in total. The predicted molar refractivity (Wildman–Crippen MR) is 84.0 cm³/mol. The summed E-state index contributed by atoms with van der Waals surface area (Å²) in [6, 6.07) is 3.39. The molecule has 1 aromatic heterocycles. The third-order valence-corrected chi connectivity index (χ3v) is 3.53. The van der Waals surface area contributed by atoms with Gasteiger partial charge in [-0.3, -0.25) is 4.79 Å². The summed E-state index contributed by atoms with van der Waals surface area (Å²) >= 11 is 6.03. The number of carbonyl (C=O) groups excluding carboxylic acids is 1. The number of nitrogens with one attached hydrogen (secondary N) is 1. The fraction of sp³-hybridized carbons (Fsp3) is 0.600. The molecular weight excluding hydrogens is 290 g/mol. The van der Waals surface area contributed by atoms with E-state index in [9.17, 15) is 4.79 Å². The van der Waals surface area contributed by atoms with Gasteiger partial charge in [0.05, 0.1) is 6.10 Å². The van der Waals surface area contributed by atoms with E-state index in [0.717, 1.165) is 19.4 Å². The molecule has 0 bridgehead atoms. The Hall–Kier alpha value is -1.33. The predicted octanol–water partition coefficient (Wildman–Crippen LogP) is 2.81. The van der Waals surface area contributed by atoms with Gasteiger partial charge >= 0.3 is 0 Å². The molecule has 6 heteroatoms. The maximum absolute atomic E-state index is 12.6. The number of anilines is 1. The van der Waals surface area contributed by atoms with E-state index in [4.69, 9.17) is 16.3 Å². The molecular formula is C15H22ClN3O2. The van der Waals surface area contributed by atoms with Gasteiger partial charge in [-0.15, -0.1) is 0 Å². The first kappa shape index (κ1) is 16.0. The Morgan fingerprint density at radius 2 is 2.38 bits per heavy atom. The van der Waals surface area contributed by atoms with Crippen LogP contribution >= 0.6 is 11.6 Å². The van der Waals surface area contributed by atoms with E-state index in [0.29, 0.717) is 36.2 Å². The highest BCUT2D eigenvalue weighted by atomic mass is 35.5. The molecule has 21 heavy (non-hydrogen) atoms. The summed E-state index contributed by atoms with van der Waals surface area (Å²) in [6.07, 6.45) is 1.90. The first-order valence-electron chi connectivity index (χ1n) is 7.42. The Kier molecular flexibility index (Phi) is 5.82. The molecule has 1 aromatic rings. The summed E-state index contributed by atoms with van der Waals surface area (Å²) in [6.45, 7) is 6.87. The molecule has 1 amide bonds. The second-order valence-corrected chi connectivity index (χ2v) is 5.66. The van der Waals surface area contributed by atoms with Crippen molar-refractivity contribution < 1.29 is 9.53 Å². The summed E-state index contributed by atoms with van der Waals surface area (Å²) in [5, 5.41) is 3.50. The molecule has 1 unspecified atom stereocenters. The number of hydrogen-bond acceptors (Lipinski definition) is 4. The van der Waals surface area contributed by atoms with Gasteiger partial charge in [0.15, 0.2) is 0 Å². The van der Waals surface area contributed by atoms with Crippen molar-refractivity contribution in [1.82, 2.24) is 9.88 Å². The maximum Gasteiger partial charge on any atom is 0.254 e. The second kappa shape index (κ2) is 7.61. The first-order chi connectivity index (χ1) is 10.1. The van der Waals surface area contributed by atoms with Crippen molar-refractivity contribution in [3.05, 3.63) is 22.8 Å². The Bertz CT molecular complexity index is 496. The van der Waals surface area contributed by atoms with Gasteiger partial charge < -0.3 is 15.0 Å². The minimum Gasteiger partial charge on any atom is -0.377 e. The smallest absolute Gasteiger partial charge is 0.254 e. The zero-order valence-electron chi connectivity index (χ0n) is 12.6. The molecule has 1 saturated heterocycles. The number of carbonyl (C=O) groups is 1. The molecule has 0 aliphatic carbocycles. The van der Waals surface area contributed by atoms with Gasteiger partial charge in [-0.05, 0) is 31.9 Å². The Balaban J connectivity index is 2.15. The topological polar surface area (TPSA) is 54.5 Å². The molecule has 1 aliphatic heterocycles. The highest BCUT2D eigenvalue weighted by Gasteiger charge is 2.21. The summed E-state index contributed by atoms with van der Waals surface area (Å²) in [5.74, 6) is 0.628. The standard InChI is InChI=1S/C15H22ClN3O2/c1-3-5-17-14-9-12(8-13(16)18-14)15(20)19-6-4-7-21-11(2)10-19/h8-9,11H,3-7,10H2,1-2H3,(H,17,18). The van der Waals surface area contributed by atoms with E-state index in [1.54, 1.807) is 12.1 Å². The number of aromatic nitrogens is 1.